The van der Waals surface area contributed by atoms with Crippen molar-refractivity contribution in [3.05, 3.63) is 151 Å². The van der Waals surface area contributed by atoms with Gasteiger partial charge in [0.05, 0.1) is 0 Å². The van der Waals surface area contributed by atoms with Crippen LogP contribution in [0, 0.1) is 11.8 Å². The summed E-state index contributed by atoms with van der Waals surface area (Å²) < 4.78 is 6.41. The highest BCUT2D eigenvalue weighted by Gasteiger charge is 2.52. The molecule has 0 N–H and O–H groups in total. The SMILES string of the molecule is CCCC1CC(C)CC12c1ccccc1-c1ccc(N(c3ccc(-c4ccccc4)cc3)c3ccc4c(c3)oc3ccccc34)cc12. The first kappa shape index (κ1) is 28.2. The first-order valence-electron chi connectivity index (χ1n) is 17.3. The summed E-state index contributed by atoms with van der Waals surface area (Å²) in [6, 6.07) is 51.2. The van der Waals surface area contributed by atoms with E-state index in [1.54, 1.807) is 0 Å². The molecule has 2 heteroatoms. The number of anilines is 3. The van der Waals surface area contributed by atoms with Crippen LogP contribution in [0.4, 0.5) is 17.1 Å². The number of para-hydroxylation sites is 1. The minimum Gasteiger partial charge on any atom is -0.456 e. The second-order valence-corrected chi connectivity index (χ2v) is 13.8. The molecule has 47 heavy (non-hydrogen) atoms. The molecule has 1 heterocycles. The van der Waals surface area contributed by atoms with Gasteiger partial charge in [-0.2, -0.15) is 0 Å². The Morgan fingerprint density at radius 3 is 2.13 bits per heavy atom. The van der Waals surface area contributed by atoms with Gasteiger partial charge in [-0.25, -0.2) is 0 Å². The van der Waals surface area contributed by atoms with Gasteiger partial charge in [0.1, 0.15) is 11.2 Å². The molecule has 2 aliphatic rings. The molecule has 0 aliphatic heterocycles. The minimum absolute atomic E-state index is 0.0584. The van der Waals surface area contributed by atoms with Crippen molar-refractivity contribution in [2.45, 2.75) is 44.9 Å². The molecule has 0 saturated heterocycles. The van der Waals surface area contributed by atoms with E-state index >= 15 is 0 Å². The lowest BCUT2D eigenvalue weighted by Gasteiger charge is -2.35. The molecule has 0 radical (unpaired) electrons. The quantitative estimate of drug-likeness (QED) is 0.186. The Kier molecular flexibility index (Phi) is 6.61. The van der Waals surface area contributed by atoms with Gasteiger partial charge in [0.25, 0.3) is 0 Å². The number of hydrogen-bond donors (Lipinski definition) is 0. The van der Waals surface area contributed by atoms with E-state index < -0.39 is 0 Å². The molecule has 3 unspecified atom stereocenters. The summed E-state index contributed by atoms with van der Waals surface area (Å²) in [5, 5.41) is 2.30. The van der Waals surface area contributed by atoms with Crippen molar-refractivity contribution < 1.29 is 4.42 Å². The molecule has 3 atom stereocenters. The molecule has 1 aromatic heterocycles. The Bertz CT molecular complexity index is 2240. The van der Waals surface area contributed by atoms with E-state index in [0.29, 0.717) is 11.8 Å². The Balaban J connectivity index is 1.24. The number of benzene rings is 6. The highest BCUT2D eigenvalue weighted by atomic mass is 16.3. The van der Waals surface area contributed by atoms with Gasteiger partial charge in [0.15, 0.2) is 0 Å². The first-order valence-corrected chi connectivity index (χ1v) is 17.3. The van der Waals surface area contributed by atoms with Crippen LogP contribution < -0.4 is 4.90 Å². The van der Waals surface area contributed by atoms with Crippen LogP contribution in [0.2, 0.25) is 0 Å². The standard InChI is InChI=1S/C45H39NO/c1-3-11-33-26-30(2)29-45(33)41-16-9-7-14-37(41)38-24-22-35(27-42(38)45)46(34-20-18-32(19-21-34)31-12-5-4-6-13-31)36-23-25-40-39-15-8-10-17-43(39)47-44(40)28-36/h4-10,12-25,27-28,30,33H,3,11,26,29H2,1-2H3. The number of nitrogens with zero attached hydrogens (tertiary/aromatic N) is 1. The van der Waals surface area contributed by atoms with Gasteiger partial charge in [-0.3, -0.25) is 0 Å². The first-order chi connectivity index (χ1) is 23.1. The maximum absolute atomic E-state index is 6.41. The smallest absolute Gasteiger partial charge is 0.137 e. The van der Waals surface area contributed by atoms with E-state index in [-0.39, 0.29) is 5.41 Å². The molecule has 230 valence electrons. The van der Waals surface area contributed by atoms with Crippen LogP contribution >= 0.6 is 0 Å². The average Bonchev–Trinajstić information content (AvgIpc) is 3.75. The highest BCUT2D eigenvalue weighted by Crippen LogP contribution is 2.62. The van der Waals surface area contributed by atoms with Crippen molar-refractivity contribution in [2.75, 3.05) is 4.90 Å². The van der Waals surface area contributed by atoms with E-state index in [2.05, 4.69) is 152 Å². The van der Waals surface area contributed by atoms with Crippen molar-refractivity contribution in [3.8, 4) is 22.3 Å². The van der Waals surface area contributed by atoms with Gasteiger partial charge in [-0.05, 0) is 107 Å². The maximum atomic E-state index is 6.41. The third kappa shape index (κ3) is 4.38. The van der Waals surface area contributed by atoms with Crippen LogP contribution in [0.3, 0.4) is 0 Å². The molecular formula is C45H39NO. The van der Waals surface area contributed by atoms with E-state index in [1.807, 2.05) is 6.07 Å². The number of furan rings is 1. The molecule has 2 nitrogen and oxygen atoms in total. The van der Waals surface area contributed by atoms with Crippen molar-refractivity contribution in [3.63, 3.8) is 0 Å². The third-order valence-electron chi connectivity index (χ3n) is 11.0. The topological polar surface area (TPSA) is 16.4 Å². The molecule has 1 fully saturated rings. The number of rotatable bonds is 6. The fourth-order valence-corrected chi connectivity index (χ4v) is 9.12. The average molecular weight is 610 g/mol. The van der Waals surface area contributed by atoms with Crippen LogP contribution in [0.1, 0.15) is 50.7 Å². The van der Waals surface area contributed by atoms with E-state index in [4.69, 9.17) is 4.42 Å². The molecule has 9 rings (SSSR count). The zero-order valence-corrected chi connectivity index (χ0v) is 27.1. The molecule has 0 bridgehead atoms. The molecule has 1 saturated carbocycles. The molecule has 7 aromatic rings. The zero-order chi connectivity index (χ0) is 31.5. The summed E-state index contributed by atoms with van der Waals surface area (Å²) in [5.41, 5.74) is 13.6. The molecule has 2 aliphatic carbocycles. The fraction of sp³-hybridized carbons (Fsp3) is 0.200. The van der Waals surface area contributed by atoms with E-state index in [9.17, 15) is 0 Å². The van der Waals surface area contributed by atoms with E-state index in [0.717, 1.165) is 33.3 Å². The van der Waals surface area contributed by atoms with Crippen molar-refractivity contribution in [1.82, 2.24) is 0 Å². The van der Waals surface area contributed by atoms with Crippen molar-refractivity contribution >= 4 is 39.0 Å². The van der Waals surface area contributed by atoms with Crippen LogP contribution in [0.15, 0.2) is 144 Å². The second-order valence-electron chi connectivity index (χ2n) is 13.8. The minimum atomic E-state index is 0.0584. The summed E-state index contributed by atoms with van der Waals surface area (Å²) in [6.45, 7) is 4.81. The summed E-state index contributed by atoms with van der Waals surface area (Å²) >= 11 is 0. The highest BCUT2D eigenvalue weighted by molar-refractivity contribution is 6.06. The van der Waals surface area contributed by atoms with Crippen molar-refractivity contribution in [2.24, 2.45) is 11.8 Å². The van der Waals surface area contributed by atoms with Crippen LogP contribution in [0.25, 0.3) is 44.2 Å². The summed E-state index contributed by atoms with van der Waals surface area (Å²) in [4.78, 5) is 2.42. The lowest BCUT2D eigenvalue weighted by atomic mass is 9.68. The Labute approximate surface area is 277 Å². The van der Waals surface area contributed by atoms with Gasteiger partial charge in [-0.1, -0.05) is 111 Å². The number of fused-ring (bicyclic) bond motifs is 8. The van der Waals surface area contributed by atoms with Crippen molar-refractivity contribution in [1.29, 1.82) is 0 Å². The molecule has 0 amide bonds. The third-order valence-corrected chi connectivity index (χ3v) is 11.0. The molecular weight excluding hydrogens is 571 g/mol. The Morgan fingerprint density at radius 1 is 0.617 bits per heavy atom. The maximum Gasteiger partial charge on any atom is 0.137 e. The normalized spacial score (nSPS) is 19.8. The van der Waals surface area contributed by atoms with Crippen LogP contribution in [-0.2, 0) is 5.41 Å². The molecule has 1 spiro atoms. The monoisotopic (exact) mass is 609 g/mol. The van der Waals surface area contributed by atoms with Gasteiger partial charge >= 0.3 is 0 Å². The van der Waals surface area contributed by atoms with Gasteiger partial charge in [-0.15, -0.1) is 0 Å². The molecule has 6 aromatic carbocycles. The summed E-state index contributed by atoms with van der Waals surface area (Å²) in [6.07, 6.45) is 4.98. The summed E-state index contributed by atoms with van der Waals surface area (Å²) in [7, 11) is 0. The fourth-order valence-electron chi connectivity index (χ4n) is 9.12. The van der Waals surface area contributed by atoms with E-state index in [1.165, 1.54) is 64.8 Å². The predicted molar refractivity (Wildman–Crippen MR) is 197 cm³/mol. The summed E-state index contributed by atoms with van der Waals surface area (Å²) in [5.74, 6) is 1.34. The lowest BCUT2D eigenvalue weighted by molar-refractivity contribution is 0.355. The van der Waals surface area contributed by atoms with Gasteiger partial charge in [0.2, 0.25) is 0 Å². The van der Waals surface area contributed by atoms with Crippen LogP contribution in [-0.4, -0.2) is 0 Å². The second kappa shape index (κ2) is 11.0. The number of hydrogen-bond acceptors (Lipinski definition) is 2. The predicted octanol–water partition coefficient (Wildman–Crippen LogP) is 12.8. The van der Waals surface area contributed by atoms with Crippen LogP contribution in [0.5, 0.6) is 0 Å². The van der Waals surface area contributed by atoms with Gasteiger partial charge in [0, 0.05) is 39.3 Å². The lowest BCUT2D eigenvalue weighted by Crippen LogP contribution is -2.30. The Hall–Kier alpha value is -5.08. The van der Waals surface area contributed by atoms with Gasteiger partial charge < -0.3 is 9.32 Å². The zero-order valence-electron chi connectivity index (χ0n) is 27.1. The largest absolute Gasteiger partial charge is 0.456 e. The Morgan fingerprint density at radius 2 is 1.28 bits per heavy atom.